The summed E-state index contributed by atoms with van der Waals surface area (Å²) in [7, 11) is 7.96. The molecule has 10 heteroatoms. The van der Waals surface area contributed by atoms with Crippen LogP contribution in [0.25, 0.3) is 27.7 Å². The van der Waals surface area contributed by atoms with Gasteiger partial charge in [-0.3, -0.25) is 0 Å². The van der Waals surface area contributed by atoms with Crippen LogP contribution >= 0.6 is 23.1 Å². The number of allylic oxidation sites excluding steroid dienone is 9. The SMILES string of the molecule is CN(C)c1ccc2c(c1)SC(C(C)(C)C)=C/C2=C\C=C1/CCCC(/C=C/c2cc(C(C)(C)C)sc3cc(=[N+](C)C)ccc2-3)=C1c1cc(C(F)(F)F)cc(C(F)(F)F)c1. The third-order valence-electron chi connectivity index (χ3n) is 10.4. The lowest BCUT2D eigenvalue weighted by molar-refractivity contribution is -0.143. The maximum atomic E-state index is 14.3. The third kappa shape index (κ3) is 9.60. The summed E-state index contributed by atoms with van der Waals surface area (Å²) < 4.78 is 88.1. The Hall–Kier alpha value is -4.28. The zero-order valence-electron chi connectivity index (χ0n) is 34.8. The Bertz CT molecular complexity index is 2400. The molecule has 0 amide bonds. The number of thioether (sulfide) groups is 1. The minimum absolute atomic E-state index is 0.0987. The van der Waals surface area contributed by atoms with Crippen LogP contribution in [0.3, 0.4) is 0 Å². The highest BCUT2D eigenvalue weighted by Crippen LogP contribution is 2.49. The number of nitrogens with zero attached hydrogens (tertiary/aromatic N) is 2. The van der Waals surface area contributed by atoms with Crippen LogP contribution in [-0.2, 0) is 17.8 Å². The van der Waals surface area contributed by atoms with E-state index in [-0.39, 0.29) is 22.5 Å². The van der Waals surface area contributed by atoms with E-state index in [0.717, 1.165) is 65.0 Å². The van der Waals surface area contributed by atoms with Crippen molar-refractivity contribution in [2.45, 2.75) is 83.5 Å². The largest absolute Gasteiger partial charge is 0.416 e. The second-order valence-corrected chi connectivity index (χ2v) is 19.7. The molecule has 0 saturated carbocycles. The average Bonchev–Trinajstić information content (AvgIpc) is 3.13. The summed E-state index contributed by atoms with van der Waals surface area (Å²) in [6.45, 7) is 12.9. The molecule has 2 aromatic carbocycles. The van der Waals surface area contributed by atoms with Gasteiger partial charge in [0.1, 0.15) is 14.1 Å². The van der Waals surface area contributed by atoms with Gasteiger partial charge in [-0.1, -0.05) is 83.7 Å². The fourth-order valence-corrected chi connectivity index (χ4v) is 9.49. The number of rotatable bonds is 5. The van der Waals surface area contributed by atoms with Crippen LogP contribution in [0, 0.1) is 5.41 Å². The fourth-order valence-electron chi connectivity index (χ4n) is 7.08. The molecule has 4 aliphatic rings. The standard InChI is InChI=1S/C48H51F6N2S2/c1-45(2,3)42-24-31(38-20-18-36(55(7)8)27-40(38)57-42)16-14-29-12-11-13-30(44(29)33-22-34(47(49,50)51)26-35(23-33)48(52,53)54)15-17-32-25-43(46(4,5)6)58-41-28-37(56(9)10)19-21-39(32)41/h14-28H,11-13H2,1-10H3/q+1. The predicted molar refractivity (Wildman–Crippen MR) is 233 cm³/mol. The average molecular weight is 834 g/mol. The van der Waals surface area contributed by atoms with Gasteiger partial charge >= 0.3 is 12.4 Å². The van der Waals surface area contributed by atoms with E-state index in [2.05, 4.69) is 78.0 Å². The van der Waals surface area contributed by atoms with E-state index >= 15 is 0 Å². The van der Waals surface area contributed by atoms with Gasteiger partial charge in [0.25, 0.3) is 0 Å². The molecule has 0 atom stereocenters. The number of anilines is 1. The summed E-state index contributed by atoms with van der Waals surface area (Å²) in [6, 6.07) is 16.6. The van der Waals surface area contributed by atoms with Gasteiger partial charge in [0.2, 0.25) is 5.36 Å². The van der Waals surface area contributed by atoms with Gasteiger partial charge in [-0.05, 0) is 128 Å². The normalized spacial score (nSPS) is 17.1. The minimum Gasteiger partial charge on any atom is -0.378 e. The Morgan fingerprint density at radius 2 is 1.36 bits per heavy atom. The van der Waals surface area contributed by atoms with E-state index in [1.165, 1.54) is 0 Å². The van der Waals surface area contributed by atoms with Crippen molar-refractivity contribution in [2.75, 3.05) is 33.1 Å². The molecule has 2 nitrogen and oxygen atoms in total. The number of fused-ring (bicyclic) bond motifs is 2. The quantitative estimate of drug-likeness (QED) is 0.146. The highest BCUT2D eigenvalue weighted by Gasteiger charge is 2.38. The highest BCUT2D eigenvalue weighted by molar-refractivity contribution is 8.03. The summed E-state index contributed by atoms with van der Waals surface area (Å²) in [4.78, 5) is 6.52. The van der Waals surface area contributed by atoms with Crippen molar-refractivity contribution in [1.82, 2.24) is 4.58 Å². The fraction of sp³-hybridized carbons (Fsp3) is 0.354. The Morgan fingerprint density at radius 3 is 1.95 bits per heavy atom. The molecule has 2 aliphatic heterocycles. The topological polar surface area (TPSA) is 6.25 Å². The number of hydrogen-bond acceptors (Lipinski definition) is 3. The van der Waals surface area contributed by atoms with E-state index in [1.807, 2.05) is 74.1 Å². The molecule has 6 rings (SSSR count). The molecule has 2 heterocycles. The van der Waals surface area contributed by atoms with E-state index in [1.54, 1.807) is 23.1 Å². The van der Waals surface area contributed by atoms with Gasteiger partial charge in [0, 0.05) is 46.6 Å². The first-order valence-electron chi connectivity index (χ1n) is 19.3. The van der Waals surface area contributed by atoms with Crippen LogP contribution in [0.2, 0.25) is 0 Å². The smallest absolute Gasteiger partial charge is 0.378 e. The maximum absolute atomic E-state index is 14.3. The molecule has 0 radical (unpaired) electrons. The van der Waals surface area contributed by atoms with Crippen LogP contribution in [-0.4, -0.2) is 28.2 Å². The highest BCUT2D eigenvalue weighted by atomic mass is 32.2. The van der Waals surface area contributed by atoms with Gasteiger partial charge < -0.3 is 4.90 Å². The van der Waals surface area contributed by atoms with Crippen molar-refractivity contribution >= 4 is 46.0 Å². The summed E-state index contributed by atoms with van der Waals surface area (Å²) in [6.07, 6.45) is 1.61. The van der Waals surface area contributed by atoms with Gasteiger partial charge in [0.15, 0.2) is 0 Å². The molecule has 2 aromatic rings. The lowest BCUT2D eigenvalue weighted by Crippen LogP contribution is -2.21. The second-order valence-electron chi connectivity index (χ2n) is 17.5. The van der Waals surface area contributed by atoms with Crippen LogP contribution in [0.15, 0.2) is 106 Å². The first-order valence-corrected chi connectivity index (χ1v) is 21.0. The van der Waals surface area contributed by atoms with Crippen molar-refractivity contribution in [3.63, 3.8) is 0 Å². The Labute approximate surface area is 347 Å². The third-order valence-corrected chi connectivity index (χ3v) is 13.4. The van der Waals surface area contributed by atoms with E-state index in [0.29, 0.717) is 36.0 Å². The van der Waals surface area contributed by atoms with Crippen molar-refractivity contribution in [1.29, 1.82) is 0 Å². The zero-order valence-corrected chi connectivity index (χ0v) is 36.4. The first kappa shape index (κ1) is 43.3. The molecule has 2 aliphatic carbocycles. The van der Waals surface area contributed by atoms with Crippen molar-refractivity contribution in [2.24, 2.45) is 5.41 Å². The molecular formula is C48H51F6N2S2+. The molecule has 0 bridgehead atoms. The lowest BCUT2D eigenvalue weighted by atomic mass is 9.81. The molecular weight excluding hydrogens is 783 g/mol. The van der Waals surface area contributed by atoms with Gasteiger partial charge in [-0.15, -0.1) is 11.3 Å². The summed E-state index contributed by atoms with van der Waals surface area (Å²) in [5.41, 5.74) is 3.66. The van der Waals surface area contributed by atoms with Crippen molar-refractivity contribution < 1.29 is 26.3 Å². The maximum Gasteiger partial charge on any atom is 0.416 e. The van der Waals surface area contributed by atoms with Crippen LogP contribution in [0.5, 0.6) is 0 Å². The van der Waals surface area contributed by atoms with Crippen molar-refractivity contribution in [3.8, 4) is 10.4 Å². The number of benzene rings is 3. The molecule has 0 unspecified atom stereocenters. The molecule has 58 heavy (non-hydrogen) atoms. The number of alkyl halides is 6. The summed E-state index contributed by atoms with van der Waals surface area (Å²) in [5, 5.41) is 1.05. The Balaban J connectivity index is 1.61. The molecule has 0 N–H and O–H groups in total. The van der Waals surface area contributed by atoms with Gasteiger partial charge in [0.05, 0.1) is 11.1 Å². The first-order chi connectivity index (χ1) is 26.9. The monoisotopic (exact) mass is 833 g/mol. The van der Waals surface area contributed by atoms with Gasteiger partial charge in [-0.2, -0.15) is 26.3 Å². The van der Waals surface area contributed by atoms with E-state index in [4.69, 9.17) is 0 Å². The van der Waals surface area contributed by atoms with Crippen LogP contribution < -0.4 is 14.8 Å². The Morgan fingerprint density at radius 1 is 0.707 bits per heavy atom. The summed E-state index contributed by atoms with van der Waals surface area (Å²) in [5.74, 6) is 0. The van der Waals surface area contributed by atoms with Crippen LogP contribution in [0.4, 0.5) is 32.0 Å². The van der Waals surface area contributed by atoms with E-state index in [9.17, 15) is 26.3 Å². The second kappa shape index (κ2) is 16.1. The summed E-state index contributed by atoms with van der Waals surface area (Å²) >= 11 is 3.43. The van der Waals surface area contributed by atoms with Crippen molar-refractivity contribution in [3.05, 3.63) is 139 Å². The molecule has 0 aromatic heterocycles. The number of hydrogen-bond donors (Lipinski definition) is 0. The zero-order chi connectivity index (χ0) is 42.5. The molecule has 306 valence electrons. The van der Waals surface area contributed by atoms with Crippen LogP contribution in [0.1, 0.15) is 93.5 Å². The number of halogens is 6. The molecule has 0 fully saturated rings. The molecule has 0 spiro atoms. The van der Waals surface area contributed by atoms with Gasteiger partial charge in [-0.25, -0.2) is 4.58 Å². The predicted octanol–water partition coefficient (Wildman–Crippen LogP) is 14.0. The van der Waals surface area contributed by atoms with E-state index < -0.39 is 23.5 Å². The Kier molecular flexibility index (Phi) is 12.0. The lowest BCUT2D eigenvalue weighted by Gasteiger charge is -2.29. The molecule has 0 saturated heterocycles. The minimum atomic E-state index is -4.98.